The molecule has 1 heterocycles. The zero-order chi connectivity index (χ0) is 8.39. The first-order valence-corrected chi connectivity index (χ1v) is 4.31. The molecule has 0 atom stereocenters. The molecule has 1 saturated carbocycles. The fourth-order valence-corrected chi connectivity index (χ4v) is 1.12. The third-order valence-electron chi connectivity index (χ3n) is 2.10. The topological polar surface area (TPSA) is 35.0 Å². The van der Waals surface area contributed by atoms with Gasteiger partial charge in [0.25, 0.3) is 0 Å². The van der Waals surface area contributed by atoms with E-state index in [1.165, 1.54) is 6.42 Å². The zero-order valence-electron chi connectivity index (χ0n) is 7.16. The highest BCUT2D eigenvalue weighted by Gasteiger charge is 2.19. The van der Waals surface area contributed by atoms with Crippen molar-refractivity contribution in [2.24, 2.45) is 0 Å². The summed E-state index contributed by atoms with van der Waals surface area (Å²) in [4.78, 5) is 8.19. The molecule has 1 aromatic heterocycles. The van der Waals surface area contributed by atoms with Crippen molar-refractivity contribution in [2.75, 3.05) is 0 Å². The Morgan fingerprint density at radius 3 is 2.92 bits per heavy atom. The molecular formula is C9H12N2O. The molecule has 2 rings (SSSR count). The molecule has 0 bridgehead atoms. The Hall–Kier alpha value is -1.12. The molecule has 1 aliphatic carbocycles. The Bertz CT molecular complexity index is 271. The van der Waals surface area contributed by atoms with Crippen LogP contribution in [0.15, 0.2) is 12.3 Å². The molecule has 3 nitrogen and oxygen atoms in total. The fourth-order valence-electron chi connectivity index (χ4n) is 1.12. The van der Waals surface area contributed by atoms with Crippen LogP contribution in [0.4, 0.5) is 0 Å². The van der Waals surface area contributed by atoms with Crippen molar-refractivity contribution in [3.63, 3.8) is 0 Å². The van der Waals surface area contributed by atoms with Gasteiger partial charge in [0.2, 0.25) is 0 Å². The van der Waals surface area contributed by atoms with E-state index in [1.807, 2.05) is 13.0 Å². The molecule has 0 spiro atoms. The van der Waals surface area contributed by atoms with Crippen LogP contribution in [0.3, 0.4) is 0 Å². The molecule has 0 unspecified atom stereocenters. The number of rotatable bonds is 2. The van der Waals surface area contributed by atoms with Gasteiger partial charge in [-0.05, 0) is 32.3 Å². The summed E-state index contributed by atoms with van der Waals surface area (Å²) in [5.41, 5.74) is 0.958. The highest BCUT2D eigenvalue weighted by atomic mass is 16.5. The van der Waals surface area contributed by atoms with Crippen LogP contribution in [0, 0.1) is 6.92 Å². The lowest BCUT2D eigenvalue weighted by Gasteiger charge is -2.24. The summed E-state index contributed by atoms with van der Waals surface area (Å²) < 4.78 is 5.51. The van der Waals surface area contributed by atoms with Crippen LogP contribution in [-0.2, 0) is 0 Å². The van der Waals surface area contributed by atoms with E-state index in [-0.39, 0.29) is 0 Å². The van der Waals surface area contributed by atoms with Gasteiger partial charge >= 0.3 is 6.01 Å². The molecule has 0 saturated heterocycles. The van der Waals surface area contributed by atoms with Gasteiger partial charge in [0.1, 0.15) is 6.10 Å². The lowest BCUT2D eigenvalue weighted by Crippen LogP contribution is -2.25. The molecule has 64 valence electrons. The predicted molar refractivity (Wildman–Crippen MR) is 45.0 cm³/mol. The maximum absolute atomic E-state index is 5.51. The summed E-state index contributed by atoms with van der Waals surface area (Å²) in [5.74, 6) is 0. The van der Waals surface area contributed by atoms with E-state index >= 15 is 0 Å². The normalized spacial score (nSPS) is 17.1. The first-order chi connectivity index (χ1) is 5.84. The van der Waals surface area contributed by atoms with Gasteiger partial charge in [-0.15, -0.1) is 0 Å². The van der Waals surface area contributed by atoms with E-state index in [2.05, 4.69) is 9.97 Å². The highest BCUT2D eigenvalue weighted by Crippen LogP contribution is 2.22. The van der Waals surface area contributed by atoms with Crippen LogP contribution in [0.5, 0.6) is 6.01 Å². The lowest BCUT2D eigenvalue weighted by molar-refractivity contribution is 0.108. The molecule has 0 amide bonds. The summed E-state index contributed by atoms with van der Waals surface area (Å²) >= 11 is 0. The second kappa shape index (κ2) is 3.09. The molecule has 1 fully saturated rings. The van der Waals surface area contributed by atoms with Crippen LogP contribution in [0.25, 0.3) is 0 Å². The summed E-state index contributed by atoms with van der Waals surface area (Å²) in [6.07, 6.45) is 5.67. The number of aryl methyl sites for hydroxylation is 1. The average Bonchev–Trinajstić information content (AvgIpc) is 1.97. The quantitative estimate of drug-likeness (QED) is 0.667. The number of aromatic nitrogens is 2. The second-order valence-corrected chi connectivity index (χ2v) is 3.15. The molecule has 1 aromatic rings. The van der Waals surface area contributed by atoms with E-state index in [0.717, 1.165) is 18.5 Å². The van der Waals surface area contributed by atoms with Gasteiger partial charge in [-0.2, -0.15) is 0 Å². The largest absolute Gasteiger partial charge is 0.460 e. The first-order valence-electron chi connectivity index (χ1n) is 4.31. The molecule has 0 radical (unpaired) electrons. The van der Waals surface area contributed by atoms with Crippen molar-refractivity contribution in [1.29, 1.82) is 0 Å². The van der Waals surface area contributed by atoms with Crippen molar-refractivity contribution in [1.82, 2.24) is 9.97 Å². The maximum Gasteiger partial charge on any atom is 0.316 e. The summed E-state index contributed by atoms with van der Waals surface area (Å²) in [5, 5.41) is 0. The van der Waals surface area contributed by atoms with Crippen LogP contribution in [0.1, 0.15) is 25.0 Å². The highest BCUT2D eigenvalue weighted by molar-refractivity contribution is 5.03. The van der Waals surface area contributed by atoms with Gasteiger partial charge in [-0.1, -0.05) is 0 Å². The Balaban J connectivity index is 2.02. The van der Waals surface area contributed by atoms with Crippen molar-refractivity contribution in [3.05, 3.63) is 18.0 Å². The minimum atomic E-state index is 0.367. The molecule has 12 heavy (non-hydrogen) atoms. The van der Waals surface area contributed by atoms with E-state index in [4.69, 9.17) is 4.74 Å². The van der Waals surface area contributed by atoms with Crippen LogP contribution < -0.4 is 4.74 Å². The van der Waals surface area contributed by atoms with E-state index in [9.17, 15) is 0 Å². The van der Waals surface area contributed by atoms with Gasteiger partial charge in [0, 0.05) is 11.9 Å². The Morgan fingerprint density at radius 2 is 2.33 bits per heavy atom. The molecular weight excluding hydrogens is 152 g/mol. The SMILES string of the molecule is Cc1ccnc(OC2CCC2)n1. The van der Waals surface area contributed by atoms with Crippen molar-refractivity contribution in [2.45, 2.75) is 32.3 Å². The molecule has 3 heteroatoms. The average molecular weight is 164 g/mol. The third-order valence-corrected chi connectivity index (χ3v) is 2.10. The van der Waals surface area contributed by atoms with Crippen LogP contribution in [-0.4, -0.2) is 16.1 Å². The zero-order valence-corrected chi connectivity index (χ0v) is 7.16. The molecule has 0 aliphatic heterocycles. The van der Waals surface area contributed by atoms with Crippen molar-refractivity contribution >= 4 is 0 Å². The van der Waals surface area contributed by atoms with Gasteiger partial charge < -0.3 is 4.74 Å². The lowest BCUT2D eigenvalue weighted by atomic mass is 9.96. The Labute approximate surface area is 71.8 Å². The first kappa shape index (κ1) is 7.53. The van der Waals surface area contributed by atoms with E-state index in [0.29, 0.717) is 12.1 Å². The van der Waals surface area contributed by atoms with Gasteiger partial charge in [-0.3, -0.25) is 0 Å². The summed E-state index contributed by atoms with van der Waals surface area (Å²) in [6.45, 7) is 1.94. The Kier molecular flexibility index (Phi) is 1.94. The van der Waals surface area contributed by atoms with Gasteiger partial charge in [0.05, 0.1) is 0 Å². The van der Waals surface area contributed by atoms with Gasteiger partial charge in [0.15, 0.2) is 0 Å². The fraction of sp³-hybridized carbons (Fsp3) is 0.556. The monoisotopic (exact) mass is 164 g/mol. The number of nitrogens with zero attached hydrogens (tertiary/aromatic N) is 2. The van der Waals surface area contributed by atoms with Crippen LogP contribution in [0.2, 0.25) is 0 Å². The molecule has 0 aromatic carbocycles. The van der Waals surface area contributed by atoms with Crippen LogP contribution >= 0.6 is 0 Å². The number of ether oxygens (including phenoxy) is 1. The third kappa shape index (κ3) is 1.55. The smallest absolute Gasteiger partial charge is 0.316 e. The Morgan fingerprint density at radius 1 is 1.50 bits per heavy atom. The van der Waals surface area contributed by atoms with Crippen molar-refractivity contribution in [3.8, 4) is 6.01 Å². The summed E-state index contributed by atoms with van der Waals surface area (Å²) in [6, 6.07) is 2.40. The minimum absolute atomic E-state index is 0.367. The van der Waals surface area contributed by atoms with E-state index in [1.54, 1.807) is 6.20 Å². The second-order valence-electron chi connectivity index (χ2n) is 3.15. The number of hydrogen-bond acceptors (Lipinski definition) is 3. The van der Waals surface area contributed by atoms with Crippen molar-refractivity contribution < 1.29 is 4.74 Å². The standard InChI is InChI=1S/C9H12N2O/c1-7-5-6-10-9(11-7)12-8-3-2-4-8/h5-6,8H,2-4H2,1H3. The molecule has 0 N–H and O–H groups in total. The maximum atomic E-state index is 5.51. The number of hydrogen-bond donors (Lipinski definition) is 0. The predicted octanol–water partition coefficient (Wildman–Crippen LogP) is 1.72. The van der Waals surface area contributed by atoms with Gasteiger partial charge in [-0.25, -0.2) is 9.97 Å². The van der Waals surface area contributed by atoms with E-state index < -0.39 is 0 Å². The minimum Gasteiger partial charge on any atom is -0.460 e. The summed E-state index contributed by atoms with van der Waals surface area (Å²) in [7, 11) is 0. The molecule has 1 aliphatic rings.